The SMILES string of the molecule is CC/C=C\C/C=C\C/C=C\C/C=C\C/C=C\C/C=C\CCCCCCCCCCCCCCCCC(=O)OCC(COC(=O)CCCCCCCCCCC)OC(=O)CCCCCCC/C=C\CCCCCCCC. The Labute approximate surface area is 465 Å². The first kappa shape index (κ1) is 71.6. The Balaban J connectivity index is 4.10. The van der Waals surface area contributed by atoms with Crippen molar-refractivity contribution in [3.63, 3.8) is 0 Å². The molecule has 1 unspecified atom stereocenters. The first-order valence-corrected chi connectivity index (χ1v) is 32.1. The molecule has 0 aromatic rings. The van der Waals surface area contributed by atoms with Gasteiger partial charge >= 0.3 is 17.9 Å². The second-order valence-corrected chi connectivity index (χ2v) is 21.3. The summed E-state index contributed by atoms with van der Waals surface area (Å²) in [7, 11) is 0. The van der Waals surface area contributed by atoms with Crippen molar-refractivity contribution in [3.8, 4) is 0 Å². The van der Waals surface area contributed by atoms with Crippen LogP contribution in [-0.4, -0.2) is 37.2 Å². The summed E-state index contributed by atoms with van der Waals surface area (Å²) in [6.07, 6.45) is 83.2. The topological polar surface area (TPSA) is 78.9 Å². The van der Waals surface area contributed by atoms with Gasteiger partial charge in [0.05, 0.1) is 0 Å². The van der Waals surface area contributed by atoms with Crippen LogP contribution in [0.3, 0.4) is 0 Å². The van der Waals surface area contributed by atoms with Crippen LogP contribution in [0.4, 0.5) is 0 Å². The molecule has 0 rings (SSSR count). The van der Waals surface area contributed by atoms with Crippen molar-refractivity contribution in [2.24, 2.45) is 0 Å². The Hall–Kier alpha value is -3.41. The maximum Gasteiger partial charge on any atom is 0.306 e. The molecule has 0 aliphatic heterocycles. The molecule has 0 radical (unpaired) electrons. The Morgan fingerprint density at radius 1 is 0.280 bits per heavy atom. The third kappa shape index (κ3) is 61.3. The minimum absolute atomic E-state index is 0.0754. The highest BCUT2D eigenvalue weighted by Crippen LogP contribution is 2.16. The van der Waals surface area contributed by atoms with Gasteiger partial charge < -0.3 is 14.2 Å². The molecule has 0 spiro atoms. The molecule has 0 bridgehead atoms. The van der Waals surface area contributed by atoms with E-state index in [1.807, 2.05) is 0 Å². The molecular weight excluding hydrogens is 925 g/mol. The normalized spacial score (nSPS) is 12.6. The van der Waals surface area contributed by atoms with Crippen LogP contribution in [0.25, 0.3) is 0 Å². The van der Waals surface area contributed by atoms with E-state index >= 15 is 0 Å². The molecular formula is C69H120O6. The number of hydrogen-bond acceptors (Lipinski definition) is 6. The first-order chi connectivity index (χ1) is 37.0. The van der Waals surface area contributed by atoms with Crippen molar-refractivity contribution in [2.75, 3.05) is 13.2 Å². The quantitative estimate of drug-likeness (QED) is 0.0261. The maximum absolute atomic E-state index is 12.8. The third-order valence-corrected chi connectivity index (χ3v) is 13.9. The van der Waals surface area contributed by atoms with Crippen molar-refractivity contribution >= 4 is 17.9 Å². The fraction of sp³-hybridized carbons (Fsp3) is 0.754. The van der Waals surface area contributed by atoms with Crippen LogP contribution in [0, 0.1) is 0 Å². The second kappa shape index (κ2) is 63.1. The van der Waals surface area contributed by atoms with E-state index in [2.05, 4.69) is 106 Å². The summed E-state index contributed by atoms with van der Waals surface area (Å²) in [5, 5.41) is 0. The van der Waals surface area contributed by atoms with Gasteiger partial charge in [-0.2, -0.15) is 0 Å². The van der Waals surface area contributed by atoms with Gasteiger partial charge in [0, 0.05) is 19.3 Å². The van der Waals surface area contributed by atoms with Gasteiger partial charge in [0.1, 0.15) is 13.2 Å². The lowest BCUT2D eigenvalue weighted by molar-refractivity contribution is -0.167. The Morgan fingerprint density at radius 2 is 0.520 bits per heavy atom. The monoisotopic (exact) mass is 1040 g/mol. The summed E-state index contributed by atoms with van der Waals surface area (Å²) in [6.45, 7) is 6.52. The molecule has 0 fully saturated rings. The molecule has 75 heavy (non-hydrogen) atoms. The van der Waals surface area contributed by atoms with Crippen LogP contribution in [0.2, 0.25) is 0 Å². The average molecular weight is 1050 g/mol. The Bertz CT molecular complexity index is 1430. The van der Waals surface area contributed by atoms with E-state index in [9.17, 15) is 14.4 Å². The van der Waals surface area contributed by atoms with Gasteiger partial charge in [-0.05, 0) is 96.3 Å². The van der Waals surface area contributed by atoms with E-state index in [-0.39, 0.29) is 31.1 Å². The highest BCUT2D eigenvalue weighted by molar-refractivity contribution is 5.71. The van der Waals surface area contributed by atoms with Gasteiger partial charge in [-0.25, -0.2) is 0 Å². The minimum atomic E-state index is -0.777. The predicted molar refractivity (Wildman–Crippen MR) is 325 cm³/mol. The van der Waals surface area contributed by atoms with Crippen molar-refractivity contribution in [1.82, 2.24) is 0 Å². The number of ether oxygens (including phenoxy) is 3. The molecule has 0 aromatic carbocycles. The van der Waals surface area contributed by atoms with Gasteiger partial charge in [-0.1, -0.05) is 286 Å². The van der Waals surface area contributed by atoms with Crippen LogP contribution >= 0.6 is 0 Å². The fourth-order valence-corrected chi connectivity index (χ4v) is 9.09. The molecule has 0 N–H and O–H groups in total. The second-order valence-electron chi connectivity index (χ2n) is 21.3. The Kier molecular flexibility index (Phi) is 60.3. The number of esters is 3. The highest BCUT2D eigenvalue weighted by Gasteiger charge is 2.19. The van der Waals surface area contributed by atoms with Crippen molar-refractivity contribution in [2.45, 2.75) is 322 Å². The molecule has 0 saturated carbocycles. The summed E-state index contributed by atoms with van der Waals surface area (Å²) < 4.78 is 16.9. The van der Waals surface area contributed by atoms with Crippen LogP contribution in [0.5, 0.6) is 0 Å². The third-order valence-electron chi connectivity index (χ3n) is 13.9. The lowest BCUT2D eigenvalue weighted by Crippen LogP contribution is -2.30. The summed E-state index contributed by atoms with van der Waals surface area (Å²) in [5.74, 6) is -0.876. The van der Waals surface area contributed by atoms with Crippen molar-refractivity contribution in [1.29, 1.82) is 0 Å². The van der Waals surface area contributed by atoms with Gasteiger partial charge in [-0.3, -0.25) is 14.4 Å². The van der Waals surface area contributed by atoms with Gasteiger partial charge in [0.2, 0.25) is 0 Å². The zero-order valence-corrected chi connectivity index (χ0v) is 49.6. The molecule has 6 nitrogen and oxygen atoms in total. The summed E-state index contributed by atoms with van der Waals surface area (Å²) in [5.41, 5.74) is 0. The highest BCUT2D eigenvalue weighted by atomic mass is 16.6. The number of carbonyl (C=O) groups excluding carboxylic acids is 3. The number of carbonyl (C=O) groups is 3. The molecule has 0 aliphatic carbocycles. The van der Waals surface area contributed by atoms with Crippen LogP contribution in [0.15, 0.2) is 85.1 Å². The van der Waals surface area contributed by atoms with Crippen LogP contribution in [0.1, 0.15) is 316 Å². The van der Waals surface area contributed by atoms with Gasteiger partial charge in [0.25, 0.3) is 0 Å². The number of hydrogen-bond donors (Lipinski definition) is 0. The fourth-order valence-electron chi connectivity index (χ4n) is 9.09. The van der Waals surface area contributed by atoms with Gasteiger partial charge in [0.15, 0.2) is 6.10 Å². The van der Waals surface area contributed by atoms with E-state index in [1.165, 1.54) is 173 Å². The number of rotatable bonds is 58. The maximum atomic E-state index is 12.8. The molecule has 0 amide bonds. The van der Waals surface area contributed by atoms with Crippen LogP contribution in [-0.2, 0) is 28.6 Å². The van der Waals surface area contributed by atoms with E-state index in [4.69, 9.17) is 14.2 Å². The molecule has 6 heteroatoms. The zero-order chi connectivity index (χ0) is 54.3. The number of allylic oxidation sites excluding steroid dienone is 14. The lowest BCUT2D eigenvalue weighted by Gasteiger charge is -2.18. The summed E-state index contributed by atoms with van der Waals surface area (Å²) in [6, 6.07) is 0. The van der Waals surface area contributed by atoms with E-state index in [0.29, 0.717) is 19.3 Å². The summed E-state index contributed by atoms with van der Waals surface area (Å²) in [4.78, 5) is 38.1. The molecule has 0 heterocycles. The van der Waals surface area contributed by atoms with Crippen molar-refractivity contribution < 1.29 is 28.6 Å². The van der Waals surface area contributed by atoms with E-state index < -0.39 is 6.10 Å². The predicted octanol–water partition coefficient (Wildman–Crippen LogP) is 21.9. The molecule has 1 atom stereocenters. The largest absolute Gasteiger partial charge is 0.462 e. The average Bonchev–Trinajstić information content (AvgIpc) is 3.41. The molecule has 0 aliphatic rings. The van der Waals surface area contributed by atoms with Gasteiger partial charge in [-0.15, -0.1) is 0 Å². The first-order valence-electron chi connectivity index (χ1n) is 32.1. The zero-order valence-electron chi connectivity index (χ0n) is 49.6. The summed E-state index contributed by atoms with van der Waals surface area (Å²) >= 11 is 0. The minimum Gasteiger partial charge on any atom is -0.462 e. The standard InChI is InChI=1S/C69H120O6/c1-4-7-10-13-16-19-21-23-25-26-27-28-29-30-31-32-33-34-35-36-37-38-39-40-41-42-44-45-47-50-53-56-59-62-68(71)74-65-66(64-73-67(70)61-58-55-52-49-18-15-12-9-6-3)75-69(72)63-60-57-54-51-48-46-43-24-22-20-17-14-11-8-5-2/h7,10,16,19,23-25,27-28,30-31,33-34,43,66H,4-6,8-9,11-15,17-18,20-22,26,29,32,35-42,44-65H2,1-3H3/b10-7-,19-16-,25-23-,28-27-,31-30-,34-33-,43-24-. The van der Waals surface area contributed by atoms with Crippen molar-refractivity contribution in [3.05, 3.63) is 85.1 Å². The van der Waals surface area contributed by atoms with E-state index in [0.717, 1.165) is 103 Å². The van der Waals surface area contributed by atoms with E-state index in [1.54, 1.807) is 0 Å². The number of unbranched alkanes of at least 4 members (excludes halogenated alkanes) is 33. The van der Waals surface area contributed by atoms with Crippen LogP contribution < -0.4 is 0 Å². The Morgan fingerprint density at radius 3 is 0.827 bits per heavy atom. The molecule has 0 saturated heterocycles. The molecule has 0 aromatic heterocycles. The smallest absolute Gasteiger partial charge is 0.306 e. The molecule has 432 valence electrons. The lowest BCUT2D eigenvalue weighted by atomic mass is 10.0.